The Morgan fingerprint density at radius 3 is 2.64 bits per heavy atom. The lowest BCUT2D eigenvalue weighted by Crippen LogP contribution is -2.59. The van der Waals surface area contributed by atoms with Crippen LogP contribution in [0.15, 0.2) is 24.3 Å². The Kier molecular flexibility index (Phi) is 1.99. The zero-order chi connectivity index (χ0) is 10.3. The van der Waals surface area contributed by atoms with Gasteiger partial charge >= 0.3 is 0 Å². The van der Waals surface area contributed by atoms with E-state index >= 15 is 0 Å². The Balaban J connectivity index is 2.62. The van der Waals surface area contributed by atoms with Gasteiger partial charge in [0.05, 0.1) is 0 Å². The van der Waals surface area contributed by atoms with Crippen LogP contribution in [0.5, 0.6) is 0 Å². The quantitative estimate of drug-likeness (QED) is 0.583. The van der Waals surface area contributed by atoms with E-state index in [1.165, 1.54) is 5.19 Å². The van der Waals surface area contributed by atoms with Crippen LogP contribution in [0.2, 0.25) is 13.1 Å². The van der Waals surface area contributed by atoms with Crippen LogP contribution in [0.25, 0.3) is 0 Å². The summed E-state index contributed by atoms with van der Waals surface area (Å²) in [6.07, 6.45) is 0.933. The average molecular weight is 205 g/mol. The predicted octanol–water partition coefficient (Wildman–Crippen LogP) is 1.23. The molecule has 0 fully saturated rings. The van der Waals surface area contributed by atoms with Gasteiger partial charge in [-0.2, -0.15) is 0 Å². The molecule has 0 spiro atoms. The topological polar surface area (TPSA) is 20.3 Å². The second-order valence-corrected chi connectivity index (χ2v) is 9.21. The summed E-state index contributed by atoms with van der Waals surface area (Å²) in [5.74, 6) is 0.174. The molecule has 74 valence electrons. The van der Waals surface area contributed by atoms with Crippen LogP contribution < -0.4 is 5.19 Å². The van der Waals surface area contributed by atoms with Crippen LogP contribution in [0.4, 0.5) is 0 Å². The molecule has 1 amide bonds. The van der Waals surface area contributed by atoms with Crippen LogP contribution in [0, 0.1) is 0 Å². The maximum atomic E-state index is 11.9. The minimum absolute atomic E-state index is 0.174. The maximum Gasteiger partial charge on any atom is 0.253 e. The predicted molar refractivity (Wildman–Crippen MR) is 60.5 cm³/mol. The number of hydrogen-bond donors (Lipinski definition) is 0. The highest BCUT2D eigenvalue weighted by Crippen LogP contribution is 2.16. The van der Waals surface area contributed by atoms with Crippen LogP contribution in [-0.4, -0.2) is 32.1 Å². The molecule has 3 heteroatoms. The van der Waals surface area contributed by atoms with E-state index in [1.54, 1.807) is 0 Å². The fourth-order valence-electron chi connectivity index (χ4n) is 2.22. The average Bonchev–Trinajstić information content (AvgIpc) is 2.14. The van der Waals surface area contributed by atoms with E-state index in [9.17, 15) is 4.79 Å². The van der Waals surface area contributed by atoms with Crippen molar-refractivity contribution in [1.82, 2.24) is 4.90 Å². The first-order valence-corrected chi connectivity index (χ1v) is 8.08. The molecular formula is C11H15NOSi. The summed E-state index contributed by atoms with van der Waals surface area (Å²) in [4.78, 5) is 13.7. The number of carbonyl (C=O) groups is 1. The van der Waals surface area contributed by atoms with Crippen molar-refractivity contribution < 1.29 is 4.79 Å². The molecule has 0 aliphatic carbocycles. The highest BCUT2D eigenvalue weighted by atomic mass is 28.3. The fraction of sp³-hybridized carbons (Fsp3) is 0.364. The Labute approximate surface area is 85.6 Å². The summed E-state index contributed by atoms with van der Waals surface area (Å²) in [6.45, 7) is 4.63. The number of fused-ring (bicyclic) bond motifs is 1. The van der Waals surface area contributed by atoms with Gasteiger partial charge in [0.2, 0.25) is 0 Å². The smallest absolute Gasteiger partial charge is 0.253 e. The van der Waals surface area contributed by atoms with E-state index in [-0.39, 0.29) is 5.91 Å². The van der Waals surface area contributed by atoms with Gasteiger partial charge in [-0.3, -0.25) is 4.79 Å². The normalized spacial score (nSPS) is 19.4. The van der Waals surface area contributed by atoms with Crippen molar-refractivity contribution >= 4 is 19.2 Å². The molecular weight excluding hydrogens is 190 g/mol. The molecule has 1 heterocycles. The molecule has 0 unspecified atom stereocenters. The molecule has 1 aliphatic heterocycles. The third kappa shape index (κ3) is 1.28. The molecule has 0 radical (unpaired) electrons. The summed E-state index contributed by atoms with van der Waals surface area (Å²) < 4.78 is 0. The van der Waals surface area contributed by atoms with Gasteiger partial charge in [-0.25, -0.2) is 0 Å². The summed E-state index contributed by atoms with van der Waals surface area (Å²) in [6, 6.07) is 8.04. The lowest BCUT2D eigenvalue weighted by Gasteiger charge is -2.36. The third-order valence-corrected chi connectivity index (χ3v) is 6.02. The summed E-state index contributed by atoms with van der Waals surface area (Å²) in [5.41, 5.74) is 0.915. The fourth-order valence-corrected chi connectivity index (χ4v) is 5.18. The van der Waals surface area contributed by atoms with Crippen molar-refractivity contribution in [1.29, 1.82) is 0 Å². The molecule has 0 saturated carbocycles. The van der Waals surface area contributed by atoms with Gasteiger partial charge in [0.25, 0.3) is 5.91 Å². The number of rotatable bonds is 0. The Morgan fingerprint density at radius 1 is 1.29 bits per heavy atom. The van der Waals surface area contributed by atoms with Crippen molar-refractivity contribution in [3.8, 4) is 0 Å². The zero-order valence-corrected chi connectivity index (χ0v) is 9.87. The van der Waals surface area contributed by atoms with Gasteiger partial charge in [0, 0.05) is 18.8 Å². The molecule has 0 atom stereocenters. The van der Waals surface area contributed by atoms with E-state index in [4.69, 9.17) is 0 Å². The molecule has 0 saturated heterocycles. The van der Waals surface area contributed by atoms with Crippen LogP contribution in [0.1, 0.15) is 10.4 Å². The maximum absolute atomic E-state index is 11.9. The van der Waals surface area contributed by atoms with Gasteiger partial charge < -0.3 is 4.90 Å². The standard InChI is InChI=1S/C11H15NOSi/c1-12-8-14(2,3)10-7-5-4-6-9(10)11(12)13/h4-7H,8H2,1-3H3. The van der Waals surface area contributed by atoms with E-state index in [0.717, 1.165) is 11.7 Å². The lowest BCUT2D eigenvalue weighted by atomic mass is 10.2. The zero-order valence-electron chi connectivity index (χ0n) is 8.87. The summed E-state index contributed by atoms with van der Waals surface area (Å²) >= 11 is 0. The molecule has 2 rings (SSSR count). The summed E-state index contributed by atoms with van der Waals surface area (Å²) in [7, 11) is 0.485. The highest BCUT2D eigenvalue weighted by Gasteiger charge is 2.35. The van der Waals surface area contributed by atoms with Gasteiger partial charge in [-0.05, 0) is 11.3 Å². The first-order chi connectivity index (χ1) is 6.52. The Morgan fingerprint density at radius 2 is 1.93 bits per heavy atom. The van der Waals surface area contributed by atoms with Crippen molar-refractivity contribution in [2.75, 3.05) is 13.2 Å². The second-order valence-electron chi connectivity index (χ2n) is 4.59. The van der Waals surface area contributed by atoms with E-state index in [1.807, 2.05) is 30.1 Å². The van der Waals surface area contributed by atoms with E-state index in [0.29, 0.717) is 0 Å². The van der Waals surface area contributed by atoms with Crippen LogP contribution in [-0.2, 0) is 0 Å². The SMILES string of the molecule is CN1C[Si](C)(C)c2ccccc2C1=O. The molecule has 1 aromatic rings. The number of carbonyl (C=O) groups excluding carboxylic acids is 1. The molecule has 0 aromatic heterocycles. The largest absolute Gasteiger partial charge is 0.344 e. The molecule has 0 bridgehead atoms. The number of nitrogens with zero attached hydrogens (tertiary/aromatic N) is 1. The Bertz CT molecular complexity index is 387. The molecule has 2 nitrogen and oxygen atoms in total. The van der Waals surface area contributed by atoms with Crippen molar-refractivity contribution in [3.63, 3.8) is 0 Å². The van der Waals surface area contributed by atoms with Crippen molar-refractivity contribution in [2.24, 2.45) is 0 Å². The van der Waals surface area contributed by atoms with Gasteiger partial charge in [0.15, 0.2) is 0 Å². The van der Waals surface area contributed by atoms with Crippen molar-refractivity contribution in [2.45, 2.75) is 13.1 Å². The monoisotopic (exact) mass is 205 g/mol. The highest BCUT2D eigenvalue weighted by molar-refractivity contribution is 6.91. The first kappa shape index (κ1) is 9.46. The number of hydrogen-bond acceptors (Lipinski definition) is 1. The van der Waals surface area contributed by atoms with E-state index in [2.05, 4.69) is 19.2 Å². The lowest BCUT2D eigenvalue weighted by molar-refractivity contribution is 0.0812. The number of amides is 1. The van der Waals surface area contributed by atoms with Gasteiger partial charge in [-0.15, -0.1) is 0 Å². The molecule has 1 aliphatic rings. The molecule has 14 heavy (non-hydrogen) atoms. The molecule has 0 N–H and O–H groups in total. The first-order valence-electron chi connectivity index (χ1n) is 4.87. The van der Waals surface area contributed by atoms with Gasteiger partial charge in [0.1, 0.15) is 8.07 Å². The minimum Gasteiger partial charge on any atom is -0.344 e. The van der Waals surface area contributed by atoms with Gasteiger partial charge in [-0.1, -0.05) is 31.3 Å². The minimum atomic E-state index is -1.41. The Hall–Kier alpha value is -1.09. The van der Waals surface area contributed by atoms with Crippen LogP contribution in [0.3, 0.4) is 0 Å². The molecule has 1 aromatic carbocycles. The number of benzene rings is 1. The van der Waals surface area contributed by atoms with E-state index < -0.39 is 8.07 Å². The van der Waals surface area contributed by atoms with Crippen LogP contribution >= 0.6 is 0 Å². The summed E-state index contributed by atoms with van der Waals surface area (Å²) in [5, 5.41) is 1.31. The second kappa shape index (κ2) is 2.95. The third-order valence-electron chi connectivity index (χ3n) is 2.87. The van der Waals surface area contributed by atoms with Crippen molar-refractivity contribution in [3.05, 3.63) is 29.8 Å².